The molecule has 0 spiro atoms. The molecule has 0 N–H and O–H groups in total. The zero-order valence-corrected chi connectivity index (χ0v) is 10.0. The van der Waals surface area contributed by atoms with E-state index < -0.39 is 0 Å². The van der Waals surface area contributed by atoms with Gasteiger partial charge in [0.05, 0.1) is 10.6 Å². The first-order chi connectivity index (χ1) is 8.25. The number of para-hydroxylation sites is 1. The Morgan fingerprint density at radius 1 is 1.18 bits per heavy atom. The van der Waals surface area contributed by atoms with E-state index in [0.717, 1.165) is 5.39 Å². The second kappa shape index (κ2) is 4.02. The number of aromatic nitrogens is 2. The number of hydrogen-bond acceptors (Lipinski definition) is 3. The minimum Gasteiger partial charge on any atom is -0.454 e. The van der Waals surface area contributed by atoms with Crippen LogP contribution in [-0.2, 0) is 0 Å². The zero-order chi connectivity index (χ0) is 11.8. The van der Waals surface area contributed by atoms with E-state index in [2.05, 4.69) is 9.97 Å². The second-order valence-electron chi connectivity index (χ2n) is 3.50. The standard InChI is InChI=1S/C12H6Cl2N2O/c13-9-3-1-2-7-4-10(17-11(7)9)8-5-15-6-16-12(8)14/h1-6H. The monoisotopic (exact) mass is 264 g/mol. The lowest BCUT2D eigenvalue weighted by Gasteiger charge is -1.96. The predicted octanol–water partition coefficient (Wildman–Crippen LogP) is 4.20. The lowest BCUT2D eigenvalue weighted by Crippen LogP contribution is -1.82. The molecule has 2 heterocycles. The maximum atomic E-state index is 6.04. The van der Waals surface area contributed by atoms with Gasteiger partial charge in [-0.3, -0.25) is 0 Å². The maximum absolute atomic E-state index is 6.04. The number of fused-ring (bicyclic) bond motifs is 1. The average Bonchev–Trinajstić information content (AvgIpc) is 2.75. The van der Waals surface area contributed by atoms with Gasteiger partial charge in [0, 0.05) is 11.6 Å². The summed E-state index contributed by atoms with van der Waals surface area (Å²) >= 11 is 12.0. The molecule has 0 fully saturated rings. The van der Waals surface area contributed by atoms with Crippen LogP contribution in [0.15, 0.2) is 41.2 Å². The number of halogens is 2. The van der Waals surface area contributed by atoms with E-state index in [4.69, 9.17) is 27.6 Å². The van der Waals surface area contributed by atoms with Crippen molar-refractivity contribution in [1.82, 2.24) is 9.97 Å². The van der Waals surface area contributed by atoms with Crippen molar-refractivity contribution in [3.05, 3.63) is 47.0 Å². The Morgan fingerprint density at radius 2 is 2.06 bits per heavy atom. The van der Waals surface area contributed by atoms with E-state index in [0.29, 0.717) is 27.1 Å². The van der Waals surface area contributed by atoms with Crippen molar-refractivity contribution in [3.8, 4) is 11.3 Å². The third-order valence-electron chi connectivity index (χ3n) is 2.43. The molecular weight excluding hydrogens is 259 g/mol. The van der Waals surface area contributed by atoms with Crippen LogP contribution in [0.5, 0.6) is 0 Å². The summed E-state index contributed by atoms with van der Waals surface area (Å²) in [6, 6.07) is 7.44. The lowest BCUT2D eigenvalue weighted by molar-refractivity contribution is 0.631. The molecule has 0 unspecified atom stereocenters. The summed E-state index contributed by atoms with van der Waals surface area (Å²) in [6.45, 7) is 0. The molecular formula is C12H6Cl2N2O. The lowest BCUT2D eigenvalue weighted by atomic mass is 10.2. The molecule has 17 heavy (non-hydrogen) atoms. The molecule has 0 saturated carbocycles. The highest BCUT2D eigenvalue weighted by atomic mass is 35.5. The Morgan fingerprint density at radius 3 is 2.82 bits per heavy atom. The van der Waals surface area contributed by atoms with Gasteiger partial charge in [0.1, 0.15) is 17.2 Å². The predicted molar refractivity (Wildman–Crippen MR) is 67.3 cm³/mol. The Hall–Kier alpha value is -1.58. The molecule has 0 bridgehead atoms. The van der Waals surface area contributed by atoms with Crippen molar-refractivity contribution in [1.29, 1.82) is 0 Å². The van der Waals surface area contributed by atoms with Gasteiger partial charge in [-0.25, -0.2) is 9.97 Å². The summed E-state index contributed by atoms with van der Waals surface area (Å²) in [6.07, 6.45) is 3.00. The van der Waals surface area contributed by atoms with Gasteiger partial charge in [-0.1, -0.05) is 35.3 Å². The molecule has 0 aliphatic rings. The topological polar surface area (TPSA) is 38.9 Å². The molecule has 0 aliphatic heterocycles. The average molecular weight is 265 g/mol. The normalized spacial score (nSPS) is 10.9. The van der Waals surface area contributed by atoms with Crippen LogP contribution in [0.3, 0.4) is 0 Å². The van der Waals surface area contributed by atoms with E-state index in [1.165, 1.54) is 6.33 Å². The Bertz CT molecular complexity index is 694. The first kappa shape index (κ1) is 10.6. The molecule has 3 aromatic rings. The third-order valence-corrected chi connectivity index (χ3v) is 3.02. The summed E-state index contributed by atoms with van der Waals surface area (Å²) in [5.41, 5.74) is 1.30. The number of hydrogen-bond donors (Lipinski definition) is 0. The zero-order valence-electron chi connectivity index (χ0n) is 8.52. The number of furan rings is 1. The molecule has 0 radical (unpaired) electrons. The van der Waals surface area contributed by atoms with Crippen molar-refractivity contribution in [3.63, 3.8) is 0 Å². The number of nitrogens with zero attached hydrogens (tertiary/aromatic N) is 2. The van der Waals surface area contributed by atoms with Crippen LogP contribution in [0.25, 0.3) is 22.3 Å². The van der Waals surface area contributed by atoms with Crippen LogP contribution in [0.4, 0.5) is 0 Å². The first-order valence-corrected chi connectivity index (χ1v) is 5.65. The van der Waals surface area contributed by atoms with Crippen LogP contribution in [-0.4, -0.2) is 9.97 Å². The van der Waals surface area contributed by atoms with E-state index in [1.807, 2.05) is 18.2 Å². The van der Waals surface area contributed by atoms with Gasteiger partial charge in [0.25, 0.3) is 0 Å². The minimum absolute atomic E-state index is 0.357. The Kier molecular flexibility index (Phi) is 2.50. The molecule has 3 rings (SSSR count). The quantitative estimate of drug-likeness (QED) is 0.619. The van der Waals surface area contributed by atoms with E-state index >= 15 is 0 Å². The number of benzene rings is 1. The van der Waals surface area contributed by atoms with Gasteiger partial charge < -0.3 is 4.42 Å². The summed E-state index contributed by atoms with van der Waals surface area (Å²) in [5.74, 6) is 0.610. The molecule has 1 aromatic carbocycles. The fraction of sp³-hybridized carbons (Fsp3) is 0. The van der Waals surface area contributed by atoms with Crippen molar-refractivity contribution >= 4 is 34.2 Å². The first-order valence-electron chi connectivity index (χ1n) is 4.89. The highest BCUT2D eigenvalue weighted by Gasteiger charge is 2.12. The third kappa shape index (κ3) is 1.77. The van der Waals surface area contributed by atoms with Crippen LogP contribution in [0.1, 0.15) is 0 Å². The molecule has 0 aliphatic carbocycles. The van der Waals surface area contributed by atoms with Gasteiger partial charge >= 0.3 is 0 Å². The van der Waals surface area contributed by atoms with Crippen molar-refractivity contribution in [2.24, 2.45) is 0 Å². The van der Waals surface area contributed by atoms with Crippen molar-refractivity contribution in [2.45, 2.75) is 0 Å². The fourth-order valence-corrected chi connectivity index (χ4v) is 2.05. The van der Waals surface area contributed by atoms with Gasteiger partial charge in [-0.15, -0.1) is 0 Å². The van der Waals surface area contributed by atoms with Gasteiger partial charge in [-0.05, 0) is 12.1 Å². The smallest absolute Gasteiger partial charge is 0.153 e. The molecule has 2 aromatic heterocycles. The van der Waals surface area contributed by atoms with Crippen molar-refractivity contribution in [2.75, 3.05) is 0 Å². The molecule has 0 saturated heterocycles. The van der Waals surface area contributed by atoms with E-state index in [-0.39, 0.29) is 0 Å². The maximum Gasteiger partial charge on any atom is 0.153 e. The van der Waals surface area contributed by atoms with Crippen LogP contribution >= 0.6 is 23.2 Å². The molecule has 84 valence electrons. The molecule has 0 atom stereocenters. The van der Waals surface area contributed by atoms with Crippen LogP contribution in [0.2, 0.25) is 10.2 Å². The molecule has 5 heteroatoms. The van der Waals surface area contributed by atoms with E-state index in [1.54, 1.807) is 12.3 Å². The van der Waals surface area contributed by atoms with Gasteiger partial charge in [-0.2, -0.15) is 0 Å². The summed E-state index contributed by atoms with van der Waals surface area (Å²) in [4.78, 5) is 7.84. The summed E-state index contributed by atoms with van der Waals surface area (Å²) in [5, 5.41) is 1.85. The van der Waals surface area contributed by atoms with Gasteiger partial charge in [0.2, 0.25) is 0 Å². The van der Waals surface area contributed by atoms with Crippen LogP contribution in [0, 0.1) is 0 Å². The highest BCUT2D eigenvalue weighted by Crippen LogP contribution is 2.33. The minimum atomic E-state index is 0.357. The SMILES string of the molecule is Clc1ncncc1-c1cc2cccc(Cl)c2o1. The summed E-state index contributed by atoms with van der Waals surface area (Å²) < 4.78 is 5.67. The molecule has 3 nitrogen and oxygen atoms in total. The number of rotatable bonds is 1. The largest absolute Gasteiger partial charge is 0.454 e. The van der Waals surface area contributed by atoms with Gasteiger partial charge in [0.15, 0.2) is 5.58 Å². The van der Waals surface area contributed by atoms with E-state index in [9.17, 15) is 0 Å². The molecule has 0 amide bonds. The highest BCUT2D eigenvalue weighted by molar-refractivity contribution is 6.35. The Labute approximate surface area is 107 Å². The van der Waals surface area contributed by atoms with Crippen molar-refractivity contribution < 1.29 is 4.42 Å². The summed E-state index contributed by atoms with van der Waals surface area (Å²) in [7, 11) is 0. The Balaban J connectivity index is 2.26. The van der Waals surface area contributed by atoms with Crippen LogP contribution < -0.4 is 0 Å². The second-order valence-corrected chi connectivity index (χ2v) is 4.26. The fourth-order valence-electron chi connectivity index (χ4n) is 1.64.